The average Bonchev–Trinajstić information content (AvgIpc) is 2.73. The molecule has 2 heterocycles. The van der Waals surface area contributed by atoms with E-state index in [0.717, 1.165) is 55.5 Å². The van der Waals surface area contributed by atoms with E-state index in [-0.39, 0.29) is 5.82 Å². The SMILES string of the molecule is Cc1cc(N2CCN(c3ccc(F)cc3)CC2)nc(-c2ccc(C(F)(F)F)cc2)n1. The molecule has 0 amide bonds. The first-order valence-corrected chi connectivity index (χ1v) is 9.58. The number of piperazine rings is 1. The Kier molecular flexibility index (Phi) is 5.32. The molecule has 1 fully saturated rings. The van der Waals surface area contributed by atoms with Crippen molar-refractivity contribution in [3.05, 3.63) is 71.7 Å². The zero-order chi connectivity index (χ0) is 21.3. The molecule has 1 saturated heterocycles. The summed E-state index contributed by atoms with van der Waals surface area (Å²) >= 11 is 0. The van der Waals surface area contributed by atoms with E-state index in [1.54, 1.807) is 12.1 Å². The van der Waals surface area contributed by atoms with Crippen LogP contribution in [-0.2, 0) is 6.18 Å². The first-order valence-electron chi connectivity index (χ1n) is 9.58. The van der Waals surface area contributed by atoms with Crippen molar-refractivity contribution in [2.75, 3.05) is 36.0 Å². The lowest BCUT2D eigenvalue weighted by atomic mass is 10.1. The number of aromatic nitrogens is 2. The van der Waals surface area contributed by atoms with E-state index in [1.807, 2.05) is 13.0 Å². The van der Waals surface area contributed by atoms with Gasteiger partial charge in [-0.25, -0.2) is 14.4 Å². The van der Waals surface area contributed by atoms with E-state index in [9.17, 15) is 17.6 Å². The molecule has 1 aliphatic rings. The van der Waals surface area contributed by atoms with E-state index in [4.69, 9.17) is 0 Å². The number of nitrogens with zero attached hydrogens (tertiary/aromatic N) is 4. The van der Waals surface area contributed by atoms with Gasteiger partial charge in [-0.15, -0.1) is 0 Å². The second-order valence-corrected chi connectivity index (χ2v) is 7.22. The average molecular weight is 416 g/mol. The Balaban J connectivity index is 1.50. The van der Waals surface area contributed by atoms with Crippen LogP contribution in [-0.4, -0.2) is 36.1 Å². The zero-order valence-electron chi connectivity index (χ0n) is 16.3. The molecule has 0 spiro atoms. The highest BCUT2D eigenvalue weighted by Crippen LogP contribution is 2.31. The number of hydrogen-bond acceptors (Lipinski definition) is 4. The molecule has 8 heteroatoms. The summed E-state index contributed by atoms with van der Waals surface area (Å²) in [5.41, 5.74) is 1.56. The number of halogens is 4. The summed E-state index contributed by atoms with van der Waals surface area (Å²) in [4.78, 5) is 13.3. The van der Waals surface area contributed by atoms with E-state index in [2.05, 4.69) is 19.8 Å². The number of anilines is 2. The molecule has 0 aliphatic carbocycles. The maximum absolute atomic E-state index is 13.1. The third-order valence-electron chi connectivity index (χ3n) is 5.11. The summed E-state index contributed by atoms with van der Waals surface area (Å²) in [5, 5.41) is 0. The number of hydrogen-bond donors (Lipinski definition) is 0. The zero-order valence-corrected chi connectivity index (χ0v) is 16.3. The quantitative estimate of drug-likeness (QED) is 0.567. The fraction of sp³-hybridized carbons (Fsp3) is 0.273. The molecule has 0 unspecified atom stereocenters. The summed E-state index contributed by atoms with van der Waals surface area (Å²) in [6, 6.07) is 13.2. The predicted molar refractivity (Wildman–Crippen MR) is 108 cm³/mol. The minimum Gasteiger partial charge on any atom is -0.368 e. The molecule has 3 aromatic rings. The molecule has 30 heavy (non-hydrogen) atoms. The molecule has 4 rings (SSSR count). The first-order chi connectivity index (χ1) is 14.3. The maximum atomic E-state index is 13.1. The molecule has 4 nitrogen and oxygen atoms in total. The monoisotopic (exact) mass is 416 g/mol. The highest BCUT2D eigenvalue weighted by Gasteiger charge is 2.30. The van der Waals surface area contributed by atoms with Gasteiger partial charge >= 0.3 is 6.18 Å². The van der Waals surface area contributed by atoms with Gasteiger partial charge in [-0.3, -0.25) is 0 Å². The summed E-state index contributed by atoms with van der Waals surface area (Å²) in [6.45, 7) is 4.79. The van der Waals surface area contributed by atoms with Crippen molar-refractivity contribution >= 4 is 11.5 Å². The lowest BCUT2D eigenvalue weighted by Gasteiger charge is -2.36. The molecule has 0 bridgehead atoms. The van der Waals surface area contributed by atoms with Crippen LogP contribution in [0.2, 0.25) is 0 Å². The Morgan fingerprint density at radius 1 is 0.800 bits per heavy atom. The van der Waals surface area contributed by atoms with Gasteiger partial charge in [-0.2, -0.15) is 13.2 Å². The number of benzene rings is 2. The van der Waals surface area contributed by atoms with Crippen LogP contribution in [0.15, 0.2) is 54.6 Å². The lowest BCUT2D eigenvalue weighted by molar-refractivity contribution is -0.137. The Morgan fingerprint density at radius 2 is 1.40 bits per heavy atom. The van der Waals surface area contributed by atoms with Gasteiger partial charge in [0.1, 0.15) is 11.6 Å². The van der Waals surface area contributed by atoms with Crippen molar-refractivity contribution in [3.8, 4) is 11.4 Å². The Bertz CT molecular complexity index is 1010. The minimum atomic E-state index is -4.37. The molecule has 0 atom stereocenters. The topological polar surface area (TPSA) is 32.3 Å². The van der Waals surface area contributed by atoms with Gasteiger partial charge in [0.05, 0.1) is 5.56 Å². The molecular formula is C22H20F4N4. The summed E-state index contributed by atoms with van der Waals surface area (Å²) in [7, 11) is 0. The normalized spacial score (nSPS) is 14.8. The van der Waals surface area contributed by atoms with Crippen molar-refractivity contribution in [2.24, 2.45) is 0 Å². The largest absolute Gasteiger partial charge is 0.416 e. The smallest absolute Gasteiger partial charge is 0.368 e. The highest BCUT2D eigenvalue weighted by atomic mass is 19.4. The fourth-order valence-electron chi connectivity index (χ4n) is 3.50. The van der Waals surface area contributed by atoms with E-state index in [0.29, 0.717) is 11.4 Å². The summed E-state index contributed by atoms with van der Waals surface area (Å²) in [6.07, 6.45) is -4.37. The van der Waals surface area contributed by atoms with Crippen LogP contribution in [0.3, 0.4) is 0 Å². The molecular weight excluding hydrogens is 396 g/mol. The van der Waals surface area contributed by atoms with Crippen molar-refractivity contribution in [2.45, 2.75) is 13.1 Å². The van der Waals surface area contributed by atoms with Gasteiger partial charge in [-0.1, -0.05) is 12.1 Å². The molecule has 2 aromatic carbocycles. The molecule has 1 aliphatic heterocycles. The van der Waals surface area contributed by atoms with Gasteiger partial charge in [0, 0.05) is 49.2 Å². The van der Waals surface area contributed by atoms with Gasteiger partial charge < -0.3 is 9.80 Å². The van der Waals surface area contributed by atoms with Crippen molar-refractivity contribution in [1.82, 2.24) is 9.97 Å². The molecule has 0 radical (unpaired) electrons. The third-order valence-corrected chi connectivity index (χ3v) is 5.11. The molecule has 1 aromatic heterocycles. The van der Waals surface area contributed by atoms with Crippen LogP contribution in [0.5, 0.6) is 0 Å². The number of alkyl halides is 3. The standard InChI is InChI=1S/C22H20F4N4/c1-15-14-20(28-21(27-15)16-2-4-17(5-3-16)22(24,25)26)30-12-10-29(11-13-30)19-8-6-18(23)7-9-19/h2-9,14H,10-13H2,1H3. The van der Waals surface area contributed by atoms with Crippen LogP contribution < -0.4 is 9.80 Å². The third kappa shape index (κ3) is 4.37. The summed E-state index contributed by atoms with van der Waals surface area (Å²) < 4.78 is 51.6. The van der Waals surface area contributed by atoms with Crippen LogP contribution in [0.4, 0.5) is 29.1 Å². The molecule has 0 N–H and O–H groups in total. The van der Waals surface area contributed by atoms with Crippen LogP contribution in [0, 0.1) is 12.7 Å². The number of aryl methyl sites for hydroxylation is 1. The first kappa shape index (κ1) is 20.1. The van der Waals surface area contributed by atoms with Crippen molar-refractivity contribution in [1.29, 1.82) is 0 Å². The fourth-order valence-corrected chi connectivity index (χ4v) is 3.50. The highest BCUT2D eigenvalue weighted by molar-refractivity contribution is 5.59. The van der Waals surface area contributed by atoms with Gasteiger partial charge in [0.15, 0.2) is 5.82 Å². The van der Waals surface area contributed by atoms with Crippen LogP contribution in [0.1, 0.15) is 11.3 Å². The number of rotatable bonds is 3. The minimum absolute atomic E-state index is 0.260. The Labute approximate surface area is 171 Å². The molecule has 0 saturated carbocycles. The maximum Gasteiger partial charge on any atom is 0.416 e. The van der Waals surface area contributed by atoms with Gasteiger partial charge in [0.25, 0.3) is 0 Å². The van der Waals surface area contributed by atoms with Crippen LogP contribution >= 0.6 is 0 Å². The second-order valence-electron chi connectivity index (χ2n) is 7.22. The van der Waals surface area contributed by atoms with Crippen molar-refractivity contribution < 1.29 is 17.6 Å². The Hall–Kier alpha value is -3.16. The van der Waals surface area contributed by atoms with E-state index >= 15 is 0 Å². The second kappa shape index (κ2) is 7.93. The lowest BCUT2D eigenvalue weighted by Crippen LogP contribution is -2.46. The van der Waals surface area contributed by atoms with E-state index in [1.165, 1.54) is 24.3 Å². The van der Waals surface area contributed by atoms with Gasteiger partial charge in [-0.05, 0) is 43.3 Å². The van der Waals surface area contributed by atoms with Crippen molar-refractivity contribution in [3.63, 3.8) is 0 Å². The summed E-state index contributed by atoms with van der Waals surface area (Å²) in [5.74, 6) is 0.889. The van der Waals surface area contributed by atoms with E-state index < -0.39 is 11.7 Å². The molecule has 156 valence electrons. The predicted octanol–water partition coefficient (Wildman–Crippen LogP) is 4.94. The Morgan fingerprint density at radius 3 is 2.00 bits per heavy atom. The van der Waals surface area contributed by atoms with Crippen LogP contribution in [0.25, 0.3) is 11.4 Å². The van der Waals surface area contributed by atoms with Gasteiger partial charge in [0.2, 0.25) is 0 Å².